The Kier molecular flexibility index (Phi) is 7.11. The number of hydrogen-bond donors (Lipinski definition) is 3. The van der Waals surface area contributed by atoms with Gasteiger partial charge in [-0.25, -0.2) is 9.97 Å². The second-order valence-electron chi connectivity index (χ2n) is 8.58. The molecule has 0 atom stereocenters. The molecule has 3 N–H and O–H groups in total. The molecule has 11 heteroatoms. The van der Waals surface area contributed by atoms with Crippen LogP contribution in [0.1, 0.15) is 31.3 Å². The van der Waals surface area contributed by atoms with E-state index in [1.807, 2.05) is 51.1 Å². The van der Waals surface area contributed by atoms with Gasteiger partial charge in [0, 0.05) is 48.0 Å². The van der Waals surface area contributed by atoms with Crippen molar-refractivity contribution in [3.8, 4) is 5.75 Å². The van der Waals surface area contributed by atoms with Gasteiger partial charge in [0.25, 0.3) is 10.0 Å². The Morgan fingerprint density at radius 3 is 2.11 bits per heavy atom. The lowest BCUT2D eigenvalue weighted by molar-refractivity contribution is 0.415. The van der Waals surface area contributed by atoms with Gasteiger partial charge in [0.1, 0.15) is 17.4 Å². The van der Waals surface area contributed by atoms with Gasteiger partial charge in [0.2, 0.25) is 5.95 Å². The van der Waals surface area contributed by atoms with Crippen molar-refractivity contribution in [1.29, 1.82) is 0 Å². The van der Waals surface area contributed by atoms with E-state index in [4.69, 9.17) is 4.74 Å². The Hall–Kier alpha value is -4.12. The zero-order chi connectivity index (χ0) is 25.9. The van der Waals surface area contributed by atoms with Crippen LogP contribution in [0.15, 0.2) is 65.8 Å². The van der Waals surface area contributed by atoms with Crippen molar-refractivity contribution in [1.82, 2.24) is 19.5 Å². The zero-order valence-electron chi connectivity index (χ0n) is 20.8. The minimum Gasteiger partial charge on any atom is -0.497 e. The Bertz CT molecular complexity index is 1450. The number of nitrogens with zero attached hydrogens (tertiary/aromatic N) is 4. The van der Waals surface area contributed by atoms with Crippen LogP contribution in [0.25, 0.3) is 0 Å². The van der Waals surface area contributed by atoms with E-state index in [2.05, 4.69) is 30.3 Å². The number of aromatic nitrogens is 4. The molecule has 0 fully saturated rings. The Balaban J connectivity index is 1.45. The van der Waals surface area contributed by atoms with Crippen LogP contribution >= 0.6 is 0 Å². The topological polar surface area (TPSA) is 123 Å². The first-order valence-electron chi connectivity index (χ1n) is 11.3. The largest absolute Gasteiger partial charge is 0.497 e. The fourth-order valence-electron chi connectivity index (χ4n) is 3.59. The molecule has 0 amide bonds. The molecule has 0 saturated carbocycles. The smallest absolute Gasteiger partial charge is 0.280 e. The highest BCUT2D eigenvalue weighted by Gasteiger charge is 2.20. The maximum Gasteiger partial charge on any atom is 0.280 e. The van der Waals surface area contributed by atoms with Crippen LogP contribution in [-0.4, -0.2) is 35.0 Å². The molecule has 0 saturated heterocycles. The molecule has 0 unspecified atom stereocenters. The molecular weight excluding hydrogens is 478 g/mol. The minimum absolute atomic E-state index is 0.0130. The second kappa shape index (κ2) is 10.2. The molecule has 0 aliphatic heterocycles. The molecule has 4 aromatic rings. The fraction of sp³-hybridized carbons (Fsp3) is 0.240. The first-order valence-corrected chi connectivity index (χ1v) is 12.8. The number of anilines is 5. The number of aryl methyl sites for hydroxylation is 2. The molecule has 10 nitrogen and oxygen atoms in total. The summed E-state index contributed by atoms with van der Waals surface area (Å²) in [5.41, 5.74) is 2.78. The van der Waals surface area contributed by atoms with Crippen LogP contribution in [0.2, 0.25) is 0 Å². The maximum absolute atomic E-state index is 12.8. The van der Waals surface area contributed by atoms with Crippen molar-refractivity contribution >= 4 is 38.9 Å². The Morgan fingerprint density at radius 1 is 0.889 bits per heavy atom. The molecule has 188 valence electrons. The van der Waals surface area contributed by atoms with Crippen molar-refractivity contribution in [3.63, 3.8) is 0 Å². The van der Waals surface area contributed by atoms with Gasteiger partial charge >= 0.3 is 0 Å². The third kappa shape index (κ3) is 5.92. The number of benzene rings is 2. The zero-order valence-corrected chi connectivity index (χ0v) is 21.6. The van der Waals surface area contributed by atoms with Crippen LogP contribution in [0.3, 0.4) is 0 Å². The fourth-order valence-corrected chi connectivity index (χ4v) is 4.65. The van der Waals surface area contributed by atoms with Crippen LogP contribution in [0, 0.1) is 6.92 Å². The van der Waals surface area contributed by atoms with Gasteiger partial charge < -0.3 is 19.9 Å². The van der Waals surface area contributed by atoms with Crippen LogP contribution in [0.4, 0.5) is 28.8 Å². The highest BCUT2D eigenvalue weighted by molar-refractivity contribution is 7.92. The van der Waals surface area contributed by atoms with E-state index in [9.17, 15) is 8.42 Å². The molecular formula is C25H29N7O3S. The predicted molar refractivity (Wildman–Crippen MR) is 141 cm³/mol. The minimum atomic E-state index is -3.81. The number of rotatable bonds is 9. The summed E-state index contributed by atoms with van der Waals surface area (Å²) in [5.74, 6) is 2.63. The van der Waals surface area contributed by atoms with E-state index in [1.165, 1.54) is 6.20 Å². The summed E-state index contributed by atoms with van der Waals surface area (Å²) in [6.45, 7) is 5.81. The third-order valence-corrected chi connectivity index (χ3v) is 6.54. The molecule has 4 rings (SSSR count). The lowest BCUT2D eigenvalue weighted by Gasteiger charge is -2.11. The lowest BCUT2D eigenvalue weighted by Crippen LogP contribution is -2.13. The van der Waals surface area contributed by atoms with Gasteiger partial charge in [-0.15, -0.1) is 0 Å². The van der Waals surface area contributed by atoms with Gasteiger partial charge in [-0.3, -0.25) is 4.72 Å². The van der Waals surface area contributed by atoms with E-state index < -0.39 is 10.0 Å². The van der Waals surface area contributed by atoms with E-state index in [1.54, 1.807) is 43.0 Å². The predicted octanol–water partition coefficient (Wildman–Crippen LogP) is 4.94. The SMILES string of the molecule is COc1ccc(Nc2cc(C)nc(Nc3ccc(NS(=O)(=O)c4cn(C)c(C(C)C)n4)cc3)n2)cc1. The van der Waals surface area contributed by atoms with Crippen molar-refractivity contribution in [3.05, 3.63) is 72.3 Å². The number of sulfonamides is 1. The summed E-state index contributed by atoms with van der Waals surface area (Å²) < 4.78 is 35.1. The van der Waals surface area contributed by atoms with Crippen molar-refractivity contribution in [2.45, 2.75) is 31.7 Å². The highest BCUT2D eigenvalue weighted by atomic mass is 32.2. The first kappa shape index (κ1) is 25.0. The van der Waals surface area contributed by atoms with E-state index in [0.29, 0.717) is 29.0 Å². The van der Waals surface area contributed by atoms with Gasteiger partial charge in [-0.1, -0.05) is 13.8 Å². The molecule has 2 heterocycles. The van der Waals surface area contributed by atoms with Gasteiger partial charge in [-0.05, 0) is 55.5 Å². The van der Waals surface area contributed by atoms with Crippen molar-refractivity contribution < 1.29 is 13.2 Å². The molecule has 0 radical (unpaired) electrons. The Labute approximate surface area is 210 Å². The van der Waals surface area contributed by atoms with Gasteiger partial charge in [0.05, 0.1) is 7.11 Å². The van der Waals surface area contributed by atoms with Crippen molar-refractivity contribution in [2.75, 3.05) is 22.5 Å². The molecule has 36 heavy (non-hydrogen) atoms. The molecule has 0 bridgehead atoms. The van der Waals surface area contributed by atoms with Gasteiger partial charge in [0.15, 0.2) is 5.03 Å². The van der Waals surface area contributed by atoms with E-state index in [-0.39, 0.29) is 10.9 Å². The summed E-state index contributed by atoms with van der Waals surface area (Å²) in [4.78, 5) is 13.2. The van der Waals surface area contributed by atoms with E-state index >= 15 is 0 Å². The molecule has 0 aliphatic rings. The standard InChI is InChI=1S/C25H29N7O3S/c1-16(2)24-30-23(15-32(24)4)36(33,34)31-20-8-6-19(7-9-20)28-25-26-17(3)14-22(29-25)27-18-10-12-21(35-5)13-11-18/h6-16,31H,1-5H3,(H2,26,27,28,29). The number of imidazole rings is 1. The third-order valence-electron chi connectivity index (χ3n) is 5.29. The average molecular weight is 508 g/mol. The maximum atomic E-state index is 12.8. The van der Waals surface area contributed by atoms with Crippen LogP contribution in [-0.2, 0) is 17.1 Å². The molecule has 0 spiro atoms. The summed E-state index contributed by atoms with van der Waals surface area (Å²) in [7, 11) is -0.401. The average Bonchev–Trinajstić information content (AvgIpc) is 3.23. The quantitative estimate of drug-likeness (QED) is 0.291. The molecule has 2 aromatic carbocycles. The summed E-state index contributed by atoms with van der Waals surface area (Å²) in [6, 6.07) is 16.2. The Morgan fingerprint density at radius 2 is 1.50 bits per heavy atom. The normalized spacial score (nSPS) is 11.4. The lowest BCUT2D eigenvalue weighted by atomic mass is 10.2. The molecule has 0 aliphatic carbocycles. The molecule has 2 aromatic heterocycles. The van der Waals surface area contributed by atoms with Crippen LogP contribution in [0.5, 0.6) is 5.75 Å². The van der Waals surface area contributed by atoms with E-state index in [0.717, 1.165) is 17.1 Å². The number of hydrogen-bond acceptors (Lipinski definition) is 8. The summed E-state index contributed by atoms with van der Waals surface area (Å²) in [6.07, 6.45) is 1.51. The number of ether oxygens (including phenoxy) is 1. The number of methoxy groups -OCH3 is 1. The monoisotopic (exact) mass is 507 g/mol. The van der Waals surface area contributed by atoms with Gasteiger partial charge in [-0.2, -0.15) is 13.4 Å². The highest BCUT2D eigenvalue weighted by Crippen LogP contribution is 2.23. The summed E-state index contributed by atoms with van der Waals surface area (Å²) >= 11 is 0. The number of nitrogens with one attached hydrogen (secondary N) is 3. The first-order chi connectivity index (χ1) is 17.1. The van der Waals surface area contributed by atoms with Crippen LogP contribution < -0.4 is 20.1 Å². The second-order valence-corrected chi connectivity index (χ2v) is 10.2. The van der Waals surface area contributed by atoms with Crippen molar-refractivity contribution in [2.24, 2.45) is 7.05 Å². The summed E-state index contributed by atoms with van der Waals surface area (Å²) in [5, 5.41) is 6.40.